The smallest absolute Gasteiger partial charge is 0.0426 e. The minimum Gasteiger partial charge on any atom is -0.398 e. The van der Waals surface area contributed by atoms with Crippen molar-refractivity contribution in [2.75, 3.05) is 5.73 Å². The van der Waals surface area contributed by atoms with Crippen LogP contribution in [0, 0.1) is 0 Å². The number of fused-ring (bicyclic) bond motifs is 1. The van der Waals surface area contributed by atoms with Crippen molar-refractivity contribution in [2.24, 2.45) is 0 Å². The average molecular weight is 255 g/mol. The van der Waals surface area contributed by atoms with E-state index in [9.17, 15) is 0 Å². The highest BCUT2D eigenvalue weighted by Crippen LogP contribution is 2.33. The first-order valence-electron chi connectivity index (χ1n) is 5.64. The Morgan fingerprint density at radius 2 is 1.89 bits per heavy atom. The van der Waals surface area contributed by atoms with Crippen molar-refractivity contribution in [1.29, 1.82) is 0 Å². The zero-order valence-corrected chi connectivity index (χ0v) is 10.4. The largest absolute Gasteiger partial charge is 0.398 e. The summed E-state index contributed by atoms with van der Waals surface area (Å²) in [7, 11) is 0. The summed E-state index contributed by atoms with van der Waals surface area (Å²) in [5, 5.41) is 2.89. The summed E-state index contributed by atoms with van der Waals surface area (Å²) in [6, 6.07) is 13.7. The number of benzene rings is 2. The van der Waals surface area contributed by atoms with Gasteiger partial charge in [0.25, 0.3) is 0 Å². The number of pyridine rings is 1. The van der Waals surface area contributed by atoms with Gasteiger partial charge in [-0.3, -0.25) is 4.98 Å². The summed E-state index contributed by atoms with van der Waals surface area (Å²) >= 11 is 5.93. The van der Waals surface area contributed by atoms with Gasteiger partial charge in [-0.05, 0) is 29.1 Å². The van der Waals surface area contributed by atoms with Crippen molar-refractivity contribution in [2.45, 2.75) is 0 Å². The number of nitrogens with two attached hydrogens (primary N) is 1. The van der Waals surface area contributed by atoms with Gasteiger partial charge in [-0.15, -0.1) is 0 Å². The molecule has 18 heavy (non-hydrogen) atoms. The predicted molar refractivity (Wildman–Crippen MR) is 76.6 cm³/mol. The molecule has 0 aliphatic carbocycles. The number of rotatable bonds is 1. The van der Waals surface area contributed by atoms with Gasteiger partial charge >= 0.3 is 0 Å². The third-order valence-electron chi connectivity index (χ3n) is 2.98. The Kier molecular flexibility index (Phi) is 2.65. The first-order valence-corrected chi connectivity index (χ1v) is 6.01. The molecule has 0 atom stereocenters. The number of hydrogen-bond acceptors (Lipinski definition) is 2. The molecular formula is C15H11ClN2. The fraction of sp³-hybridized carbons (Fsp3) is 0. The molecular weight excluding hydrogens is 244 g/mol. The molecule has 1 heterocycles. The lowest BCUT2D eigenvalue weighted by Crippen LogP contribution is -1.90. The number of aromatic nitrogens is 1. The molecule has 1 aromatic heterocycles. The normalized spacial score (nSPS) is 10.7. The van der Waals surface area contributed by atoms with Crippen molar-refractivity contribution >= 4 is 28.1 Å². The van der Waals surface area contributed by atoms with Gasteiger partial charge in [-0.2, -0.15) is 0 Å². The minimum atomic E-state index is 0.651. The van der Waals surface area contributed by atoms with E-state index in [1.54, 1.807) is 12.3 Å². The zero-order valence-electron chi connectivity index (χ0n) is 9.60. The van der Waals surface area contributed by atoms with Gasteiger partial charge in [0.1, 0.15) is 0 Å². The fourth-order valence-corrected chi connectivity index (χ4v) is 2.32. The maximum absolute atomic E-state index is 6.04. The molecule has 0 amide bonds. The highest BCUT2D eigenvalue weighted by molar-refractivity contribution is 6.31. The molecule has 0 aliphatic heterocycles. The number of anilines is 1. The first kappa shape index (κ1) is 11.1. The van der Waals surface area contributed by atoms with E-state index in [4.69, 9.17) is 17.3 Å². The van der Waals surface area contributed by atoms with Crippen LogP contribution >= 0.6 is 11.6 Å². The quantitative estimate of drug-likeness (QED) is 0.663. The molecule has 2 aromatic carbocycles. The topological polar surface area (TPSA) is 38.9 Å². The van der Waals surface area contributed by atoms with Crippen molar-refractivity contribution < 1.29 is 0 Å². The van der Waals surface area contributed by atoms with Crippen molar-refractivity contribution in [3.63, 3.8) is 0 Å². The monoisotopic (exact) mass is 254 g/mol. The third kappa shape index (κ3) is 1.81. The lowest BCUT2D eigenvalue weighted by atomic mass is 9.98. The van der Waals surface area contributed by atoms with Crippen LogP contribution in [0.1, 0.15) is 0 Å². The molecule has 0 fully saturated rings. The molecule has 0 saturated heterocycles. The SMILES string of the molecule is Nc1cc(Cl)ccc1-c1cccc2cnccc12. The molecule has 2 nitrogen and oxygen atoms in total. The standard InChI is InChI=1S/C15H11ClN2/c16-11-4-5-14(15(17)8-11)13-3-1-2-10-9-18-7-6-12(10)13/h1-9H,17H2. The number of nitrogens with zero attached hydrogens (tertiary/aromatic N) is 1. The maximum Gasteiger partial charge on any atom is 0.0426 e. The fourth-order valence-electron chi connectivity index (χ4n) is 2.14. The Morgan fingerprint density at radius 1 is 1.00 bits per heavy atom. The minimum absolute atomic E-state index is 0.651. The highest BCUT2D eigenvalue weighted by atomic mass is 35.5. The Labute approximate surface area is 110 Å². The van der Waals surface area contributed by atoms with Crippen molar-refractivity contribution in [1.82, 2.24) is 4.98 Å². The summed E-state index contributed by atoms with van der Waals surface area (Å²) in [4.78, 5) is 4.13. The summed E-state index contributed by atoms with van der Waals surface area (Å²) in [5.74, 6) is 0. The van der Waals surface area contributed by atoms with Crippen LogP contribution in [0.4, 0.5) is 5.69 Å². The Morgan fingerprint density at radius 3 is 2.72 bits per heavy atom. The second-order valence-electron chi connectivity index (χ2n) is 4.13. The molecule has 88 valence electrons. The van der Waals surface area contributed by atoms with Crippen LogP contribution in [0.25, 0.3) is 21.9 Å². The lowest BCUT2D eigenvalue weighted by molar-refractivity contribution is 1.36. The zero-order chi connectivity index (χ0) is 12.5. The lowest BCUT2D eigenvalue weighted by Gasteiger charge is -2.09. The molecule has 0 radical (unpaired) electrons. The molecule has 2 N–H and O–H groups in total. The molecule has 3 heteroatoms. The van der Waals surface area contributed by atoms with E-state index in [2.05, 4.69) is 11.1 Å². The van der Waals surface area contributed by atoms with E-state index in [0.717, 1.165) is 21.9 Å². The third-order valence-corrected chi connectivity index (χ3v) is 3.22. The number of nitrogen functional groups attached to an aromatic ring is 1. The molecule has 0 spiro atoms. The Hall–Kier alpha value is -2.06. The molecule has 0 bridgehead atoms. The van der Waals surface area contributed by atoms with Crippen molar-refractivity contribution in [3.05, 3.63) is 59.9 Å². The van der Waals surface area contributed by atoms with Gasteiger partial charge in [0.2, 0.25) is 0 Å². The van der Waals surface area contributed by atoms with E-state index >= 15 is 0 Å². The van der Waals surface area contributed by atoms with Crippen LogP contribution in [0.15, 0.2) is 54.9 Å². The Bertz CT molecular complexity index is 717. The molecule has 3 rings (SSSR count). The van der Waals surface area contributed by atoms with Gasteiger partial charge in [0.05, 0.1) is 0 Å². The predicted octanol–water partition coefficient (Wildman–Crippen LogP) is 4.14. The van der Waals surface area contributed by atoms with Crippen molar-refractivity contribution in [3.8, 4) is 11.1 Å². The van der Waals surface area contributed by atoms with Crippen LogP contribution in [-0.4, -0.2) is 4.98 Å². The van der Waals surface area contributed by atoms with E-state index in [-0.39, 0.29) is 0 Å². The van der Waals surface area contributed by atoms with Crippen LogP contribution < -0.4 is 5.73 Å². The Balaban J connectivity index is 2.31. The maximum atomic E-state index is 6.04. The van der Waals surface area contributed by atoms with Crippen LogP contribution in [0.5, 0.6) is 0 Å². The van der Waals surface area contributed by atoms with Gasteiger partial charge in [0.15, 0.2) is 0 Å². The average Bonchev–Trinajstić information content (AvgIpc) is 2.38. The van der Waals surface area contributed by atoms with Gasteiger partial charge < -0.3 is 5.73 Å². The molecule has 0 saturated carbocycles. The van der Waals surface area contributed by atoms with Gasteiger partial charge in [0, 0.05) is 34.1 Å². The summed E-state index contributed by atoms with van der Waals surface area (Å²) in [6.07, 6.45) is 3.64. The van der Waals surface area contributed by atoms with E-state index in [1.807, 2.05) is 36.5 Å². The van der Waals surface area contributed by atoms with E-state index in [1.165, 1.54) is 0 Å². The second-order valence-corrected chi connectivity index (χ2v) is 4.57. The second kappa shape index (κ2) is 4.31. The number of hydrogen-bond donors (Lipinski definition) is 1. The van der Waals surface area contributed by atoms with Crippen LogP contribution in [0.2, 0.25) is 5.02 Å². The van der Waals surface area contributed by atoms with E-state index < -0.39 is 0 Å². The summed E-state index contributed by atoms with van der Waals surface area (Å²) in [6.45, 7) is 0. The first-order chi connectivity index (χ1) is 8.75. The molecule has 0 unspecified atom stereocenters. The van der Waals surface area contributed by atoms with Gasteiger partial charge in [-0.25, -0.2) is 0 Å². The molecule has 3 aromatic rings. The summed E-state index contributed by atoms with van der Waals surface area (Å²) in [5.41, 5.74) is 8.83. The van der Waals surface area contributed by atoms with Crippen LogP contribution in [0.3, 0.4) is 0 Å². The van der Waals surface area contributed by atoms with Gasteiger partial charge in [-0.1, -0.05) is 35.9 Å². The highest BCUT2D eigenvalue weighted by Gasteiger charge is 2.07. The number of halogens is 1. The summed E-state index contributed by atoms with van der Waals surface area (Å²) < 4.78 is 0. The molecule has 0 aliphatic rings. The van der Waals surface area contributed by atoms with Crippen LogP contribution in [-0.2, 0) is 0 Å². The van der Waals surface area contributed by atoms with E-state index in [0.29, 0.717) is 10.7 Å².